The van der Waals surface area contributed by atoms with Crippen molar-refractivity contribution < 1.29 is 18.9 Å². The Morgan fingerprint density at radius 3 is 2.44 bits per heavy atom. The van der Waals surface area contributed by atoms with Crippen LogP contribution < -0.4 is 5.32 Å². The number of amides is 1. The maximum atomic E-state index is 12.1. The lowest BCUT2D eigenvalue weighted by atomic mass is 10.0. The van der Waals surface area contributed by atoms with Crippen molar-refractivity contribution >= 4 is 18.6 Å². The molecular formula is C20H21N2O3+. The van der Waals surface area contributed by atoms with Crippen molar-refractivity contribution in [2.45, 2.75) is 25.1 Å². The van der Waals surface area contributed by atoms with Gasteiger partial charge in [-0.2, -0.15) is 0 Å². The molecule has 128 valence electrons. The molecule has 0 radical (unpaired) electrons. The van der Waals surface area contributed by atoms with E-state index in [-0.39, 0.29) is 37.1 Å². The molecule has 1 N–H and O–H groups in total. The van der Waals surface area contributed by atoms with Crippen LogP contribution in [0.4, 0.5) is 0 Å². The van der Waals surface area contributed by atoms with Gasteiger partial charge in [0.15, 0.2) is 6.04 Å². The van der Waals surface area contributed by atoms with Gasteiger partial charge in [0, 0.05) is 0 Å². The van der Waals surface area contributed by atoms with Crippen LogP contribution in [0.2, 0.25) is 0 Å². The first-order valence-corrected chi connectivity index (χ1v) is 8.24. The van der Waals surface area contributed by atoms with Crippen LogP contribution in [0.3, 0.4) is 0 Å². The molecule has 2 atom stereocenters. The Morgan fingerprint density at radius 2 is 1.76 bits per heavy atom. The Balaban J connectivity index is 1.59. The van der Waals surface area contributed by atoms with E-state index in [1.807, 2.05) is 60.7 Å². The quantitative estimate of drug-likeness (QED) is 0.499. The van der Waals surface area contributed by atoms with Gasteiger partial charge in [-0.25, -0.2) is 9.37 Å². The standard InChI is InChI=1S/C20H20N2O3/c1-22(13-19(24)25-14-15-8-4-2-5-9-15)17-12-18(23)21-20(17)16-10-6-3-7-11-16/h2-11,17,20H,1,12-14H2/p+1/t17-,20?/m0/s1. The number of benzene rings is 2. The lowest BCUT2D eigenvalue weighted by Gasteiger charge is -2.17. The molecule has 1 aliphatic heterocycles. The summed E-state index contributed by atoms with van der Waals surface area (Å²) in [7, 11) is 0. The minimum Gasteiger partial charge on any atom is -0.456 e. The fourth-order valence-electron chi connectivity index (χ4n) is 3.01. The first kappa shape index (κ1) is 16.9. The Morgan fingerprint density at radius 1 is 1.12 bits per heavy atom. The molecule has 0 aliphatic carbocycles. The minimum atomic E-state index is -0.356. The van der Waals surface area contributed by atoms with Crippen LogP contribution in [-0.4, -0.2) is 35.8 Å². The van der Waals surface area contributed by atoms with Crippen molar-refractivity contribution in [1.82, 2.24) is 5.32 Å². The molecule has 0 spiro atoms. The number of carbonyl (C=O) groups is 2. The molecule has 0 aromatic heterocycles. The Kier molecular flexibility index (Phi) is 5.23. The van der Waals surface area contributed by atoms with Gasteiger partial charge in [0.05, 0.1) is 6.42 Å². The third-order valence-corrected chi connectivity index (χ3v) is 4.30. The molecule has 5 nitrogen and oxygen atoms in total. The molecule has 1 heterocycles. The number of rotatable bonds is 6. The van der Waals surface area contributed by atoms with E-state index >= 15 is 0 Å². The fourth-order valence-corrected chi connectivity index (χ4v) is 3.01. The smallest absolute Gasteiger partial charge is 0.372 e. The lowest BCUT2D eigenvalue weighted by Crippen LogP contribution is -2.35. The number of ether oxygens (including phenoxy) is 1. The molecule has 1 amide bonds. The molecule has 5 heteroatoms. The number of nitrogens with zero attached hydrogens (tertiary/aromatic N) is 1. The molecule has 0 bridgehead atoms. The summed E-state index contributed by atoms with van der Waals surface area (Å²) in [5.41, 5.74) is 1.94. The predicted octanol–water partition coefficient (Wildman–Crippen LogP) is 2.07. The molecule has 3 rings (SSSR count). The highest BCUT2D eigenvalue weighted by Crippen LogP contribution is 2.26. The molecule has 1 unspecified atom stereocenters. The van der Waals surface area contributed by atoms with Crippen LogP contribution in [0.15, 0.2) is 60.7 Å². The maximum absolute atomic E-state index is 12.1. The number of nitrogens with one attached hydrogen (secondary N) is 1. The van der Waals surface area contributed by atoms with Crippen LogP contribution in [0.5, 0.6) is 0 Å². The van der Waals surface area contributed by atoms with Gasteiger partial charge in [0.25, 0.3) is 0 Å². The van der Waals surface area contributed by atoms with E-state index in [0.717, 1.165) is 11.1 Å². The van der Waals surface area contributed by atoms with E-state index < -0.39 is 0 Å². The van der Waals surface area contributed by atoms with Gasteiger partial charge < -0.3 is 10.1 Å². The van der Waals surface area contributed by atoms with Crippen LogP contribution in [0, 0.1) is 0 Å². The SMILES string of the molecule is C=[N+](CC(=O)OCc1ccccc1)[C@H]1CC(=O)NC1c1ccccc1. The monoisotopic (exact) mass is 337 g/mol. The highest BCUT2D eigenvalue weighted by molar-refractivity contribution is 5.80. The lowest BCUT2D eigenvalue weighted by molar-refractivity contribution is -0.550. The Labute approximate surface area is 146 Å². The summed E-state index contributed by atoms with van der Waals surface area (Å²) in [5, 5.41) is 2.96. The first-order valence-electron chi connectivity index (χ1n) is 8.24. The van der Waals surface area contributed by atoms with Gasteiger partial charge in [-0.15, -0.1) is 0 Å². The molecule has 1 saturated heterocycles. The third kappa shape index (κ3) is 4.32. The van der Waals surface area contributed by atoms with Crippen LogP contribution >= 0.6 is 0 Å². The van der Waals surface area contributed by atoms with Crippen LogP contribution in [0.25, 0.3) is 0 Å². The van der Waals surface area contributed by atoms with E-state index in [1.165, 1.54) is 0 Å². The molecule has 0 saturated carbocycles. The second kappa shape index (κ2) is 7.75. The second-order valence-electron chi connectivity index (χ2n) is 6.12. The summed E-state index contributed by atoms with van der Waals surface area (Å²) in [4.78, 5) is 24.0. The molecule has 1 fully saturated rings. The zero-order valence-corrected chi connectivity index (χ0v) is 13.9. The van der Waals surface area contributed by atoms with Crippen molar-refractivity contribution in [3.05, 3.63) is 71.8 Å². The van der Waals surface area contributed by atoms with Crippen molar-refractivity contribution in [3.8, 4) is 0 Å². The summed E-state index contributed by atoms with van der Waals surface area (Å²) in [6, 6.07) is 18.9. The molecular weight excluding hydrogens is 316 g/mol. The maximum Gasteiger partial charge on any atom is 0.372 e. The van der Waals surface area contributed by atoms with Gasteiger partial charge in [0.1, 0.15) is 19.4 Å². The van der Waals surface area contributed by atoms with Gasteiger partial charge in [-0.1, -0.05) is 60.7 Å². The van der Waals surface area contributed by atoms with Crippen molar-refractivity contribution in [3.63, 3.8) is 0 Å². The summed E-state index contributed by atoms with van der Waals surface area (Å²) in [6.45, 7) is 4.24. The highest BCUT2D eigenvalue weighted by atomic mass is 16.5. The Bertz CT molecular complexity index is 759. The zero-order valence-electron chi connectivity index (χ0n) is 13.9. The van der Waals surface area contributed by atoms with Crippen molar-refractivity contribution in [2.24, 2.45) is 0 Å². The molecule has 2 aromatic carbocycles. The Hall–Kier alpha value is -2.95. The summed E-state index contributed by atoms with van der Waals surface area (Å²) in [6.07, 6.45) is 0.315. The fraction of sp³-hybridized carbons (Fsp3) is 0.250. The second-order valence-corrected chi connectivity index (χ2v) is 6.12. The van der Waals surface area contributed by atoms with Gasteiger partial charge >= 0.3 is 5.97 Å². The highest BCUT2D eigenvalue weighted by Gasteiger charge is 2.41. The van der Waals surface area contributed by atoms with E-state index in [2.05, 4.69) is 12.0 Å². The first-order chi connectivity index (χ1) is 12.1. The average molecular weight is 337 g/mol. The van der Waals surface area contributed by atoms with E-state index in [1.54, 1.807) is 4.58 Å². The van der Waals surface area contributed by atoms with E-state index in [9.17, 15) is 9.59 Å². The summed E-state index contributed by atoms with van der Waals surface area (Å²) in [5.74, 6) is -0.393. The number of carbonyl (C=O) groups excluding carboxylic acids is 2. The number of hydrogen-bond acceptors (Lipinski definition) is 3. The number of esters is 1. The van der Waals surface area contributed by atoms with Crippen LogP contribution in [-0.2, 0) is 20.9 Å². The van der Waals surface area contributed by atoms with Gasteiger partial charge in [-0.05, 0) is 11.1 Å². The zero-order chi connectivity index (χ0) is 17.6. The topological polar surface area (TPSA) is 58.4 Å². The third-order valence-electron chi connectivity index (χ3n) is 4.30. The van der Waals surface area contributed by atoms with E-state index in [0.29, 0.717) is 6.42 Å². The molecule has 1 aliphatic rings. The van der Waals surface area contributed by atoms with Crippen LogP contribution in [0.1, 0.15) is 23.6 Å². The van der Waals surface area contributed by atoms with Gasteiger partial charge in [-0.3, -0.25) is 4.79 Å². The van der Waals surface area contributed by atoms with E-state index in [4.69, 9.17) is 4.74 Å². The predicted molar refractivity (Wildman–Crippen MR) is 94.2 cm³/mol. The summed E-state index contributed by atoms with van der Waals surface area (Å²) < 4.78 is 6.94. The average Bonchev–Trinajstić information content (AvgIpc) is 3.04. The molecule has 25 heavy (non-hydrogen) atoms. The number of hydrogen-bond donors (Lipinski definition) is 1. The van der Waals surface area contributed by atoms with Gasteiger partial charge in [0.2, 0.25) is 12.5 Å². The largest absolute Gasteiger partial charge is 0.456 e. The molecule has 2 aromatic rings. The summed E-state index contributed by atoms with van der Waals surface area (Å²) >= 11 is 0. The van der Waals surface area contributed by atoms with Crippen molar-refractivity contribution in [1.29, 1.82) is 0 Å². The normalized spacial score (nSPS) is 19.3. The van der Waals surface area contributed by atoms with Crippen molar-refractivity contribution in [2.75, 3.05) is 6.54 Å². The minimum absolute atomic E-state index is 0.0369.